The molecule has 0 aliphatic rings. The number of esters is 1. The molecule has 0 amide bonds. The smallest absolute Gasteiger partial charge is 0.343 e. The van der Waals surface area contributed by atoms with E-state index in [1.165, 1.54) is 11.1 Å². The highest BCUT2D eigenvalue weighted by molar-refractivity contribution is 5.91. The van der Waals surface area contributed by atoms with Crippen LogP contribution in [0.2, 0.25) is 0 Å². The molecule has 0 saturated heterocycles. The first-order chi connectivity index (χ1) is 11.2. The van der Waals surface area contributed by atoms with Gasteiger partial charge in [0.1, 0.15) is 5.75 Å². The van der Waals surface area contributed by atoms with Crippen molar-refractivity contribution in [2.45, 2.75) is 25.7 Å². The summed E-state index contributed by atoms with van der Waals surface area (Å²) in [5, 5.41) is 0. The third-order valence-electron chi connectivity index (χ3n) is 3.66. The van der Waals surface area contributed by atoms with E-state index in [0.29, 0.717) is 24.4 Å². The van der Waals surface area contributed by atoms with Crippen LogP contribution in [0.3, 0.4) is 0 Å². The fraction of sp³-hybridized carbons (Fsp3) is 0.316. The van der Waals surface area contributed by atoms with Crippen molar-refractivity contribution in [3.63, 3.8) is 0 Å². The van der Waals surface area contributed by atoms with Crippen molar-refractivity contribution < 1.29 is 9.53 Å². The highest BCUT2D eigenvalue weighted by Gasteiger charge is 2.08. The molecule has 0 atom stereocenters. The van der Waals surface area contributed by atoms with E-state index in [9.17, 15) is 4.79 Å². The molecule has 2 aromatic carbocycles. The Kier molecular flexibility index (Phi) is 6.78. The van der Waals surface area contributed by atoms with Crippen LogP contribution in [0.25, 0.3) is 0 Å². The maximum absolute atomic E-state index is 12.1. The zero-order chi connectivity index (χ0) is 16.5. The summed E-state index contributed by atoms with van der Waals surface area (Å²) in [7, 11) is 0. The van der Waals surface area contributed by atoms with Crippen molar-refractivity contribution in [3.8, 4) is 5.75 Å². The molecule has 0 aliphatic carbocycles. The van der Waals surface area contributed by atoms with Gasteiger partial charge in [0.05, 0.1) is 5.56 Å². The highest BCUT2D eigenvalue weighted by atomic mass is 16.5. The Hall–Kier alpha value is -2.17. The first kappa shape index (κ1) is 17.2. The minimum atomic E-state index is -0.343. The van der Waals surface area contributed by atoms with Crippen molar-refractivity contribution >= 4 is 5.97 Å². The van der Waals surface area contributed by atoms with Gasteiger partial charge in [-0.2, -0.15) is 0 Å². The molecule has 122 valence electrons. The predicted molar refractivity (Wildman–Crippen MR) is 92.6 cm³/mol. The Morgan fingerprint density at radius 2 is 1.26 bits per heavy atom. The van der Waals surface area contributed by atoms with Gasteiger partial charge in [0.25, 0.3) is 0 Å². The van der Waals surface area contributed by atoms with E-state index in [0.717, 1.165) is 25.7 Å². The van der Waals surface area contributed by atoms with Gasteiger partial charge in [-0.25, -0.2) is 4.79 Å². The first-order valence-corrected chi connectivity index (χ1v) is 8.03. The SMILES string of the molecule is NCCCc1ccc(OC(=O)c2ccc(CCCN)cc2)cc1. The molecule has 4 heteroatoms. The molecule has 23 heavy (non-hydrogen) atoms. The largest absolute Gasteiger partial charge is 0.423 e. The van der Waals surface area contributed by atoms with Gasteiger partial charge >= 0.3 is 5.97 Å². The maximum Gasteiger partial charge on any atom is 0.343 e. The topological polar surface area (TPSA) is 78.3 Å². The van der Waals surface area contributed by atoms with Gasteiger partial charge in [-0.15, -0.1) is 0 Å². The summed E-state index contributed by atoms with van der Waals surface area (Å²) in [4.78, 5) is 12.1. The Balaban J connectivity index is 1.93. The zero-order valence-electron chi connectivity index (χ0n) is 13.3. The normalized spacial score (nSPS) is 10.5. The number of rotatable bonds is 8. The third kappa shape index (κ3) is 5.51. The molecule has 4 nitrogen and oxygen atoms in total. The summed E-state index contributed by atoms with van der Waals surface area (Å²) in [5.41, 5.74) is 13.9. The number of hydrogen-bond donors (Lipinski definition) is 2. The first-order valence-electron chi connectivity index (χ1n) is 8.03. The van der Waals surface area contributed by atoms with Gasteiger partial charge in [0.2, 0.25) is 0 Å². The van der Waals surface area contributed by atoms with E-state index >= 15 is 0 Å². The molecule has 0 bridgehead atoms. The van der Waals surface area contributed by atoms with E-state index in [1.54, 1.807) is 12.1 Å². The Labute approximate surface area is 137 Å². The van der Waals surface area contributed by atoms with Crippen LogP contribution in [-0.2, 0) is 12.8 Å². The summed E-state index contributed by atoms with van der Waals surface area (Å²) >= 11 is 0. The van der Waals surface area contributed by atoms with E-state index in [4.69, 9.17) is 16.2 Å². The monoisotopic (exact) mass is 312 g/mol. The van der Waals surface area contributed by atoms with Gasteiger partial charge in [-0.1, -0.05) is 24.3 Å². The summed E-state index contributed by atoms with van der Waals surface area (Å²) in [6, 6.07) is 15.1. The highest BCUT2D eigenvalue weighted by Crippen LogP contribution is 2.16. The van der Waals surface area contributed by atoms with E-state index < -0.39 is 0 Å². The lowest BCUT2D eigenvalue weighted by atomic mass is 10.1. The lowest BCUT2D eigenvalue weighted by Gasteiger charge is -2.06. The number of ether oxygens (including phenoxy) is 1. The number of aryl methyl sites for hydroxylation is 2. The fourth-order valence-electron chi connectivity index (χ4n) is 2.31. The molecule has 0 radical (unpaired) electrons. The molecule has 2 aromatic rings. The third-order valence-corrected chi connectivity index (χ3v) is 3.66. The van der Waals surface area contributed by atoms with Gasteiger partial charge in [-0.3, -0.25) is 0 Å². The van der Waals surface area contributed by atoms with Crippen LogP contribution in [0.15, 0.2) is 48.5 Å². The predicted octanol–water partition coefficient (Wildman–Crippen LogP) is 2.69. The molecule has 0 unspecified atom stereocenters. The standard InChI is InChI=1S/C19H24N2O2/c20-13-1-3-15-5-9-17(10-6-15)19(22)23-18-11-7-16(8-12-18)4-2-14-21/h5-12H,1-4,13-14,20-21H2. The maximum atomic E-state index is 12.1. The second kappa shape index (κ2) is 9.08. The van der Waals surface area contributed by atoms with Crippen LogP contribution >= 0.6 is 0 Å². The van der Waals surface area contributed by atoms with E-state index in [-0.39, 0.29) is 5.97 Å². The second-order valence-corrected chi connectivity index (χ2v) is 5.51. The number of carbonyl (C=O) groups excluding carboxylic acids is 1. The molecule has 0 aromatic heterocycles. The van der Waals surface area contributed by atoms with Crippen LogP contribution in [0.1, 0.15) is 34.3 Å². The van der Waals surface area contributed by atoms with Crippen LogP contribution in [-0.4, -0.2) is 19.1 Å². The van der Waals surface area contributed by atoms with E-state index in [1.807, 2.05) is 36.4 Å². The molecule has 0 fully saturated rings. The quantitative estimate of drug-likeness (QED) is 0.580. The average molecular weight is 312 g/mol. The number of nitrogens with two attached hydrogens (primary N) is 2. The summed E-state index contributed by atoms with van der Waals surface area (Å²) in [6.07, 6.45) is 3.76. The van der Waals surface area contributed by atoms with Crippen molar-refractivity contribution in [2.24, 2.45) is 11.5 Å². The lowest BCUT2D eigenvalue weighted by molar-refractivity contribution is 0.0734. The Morgan fingerprint density at radius 3 is 1.74 bits per heavy atom. The van der Waals surface area contributed by atoms with Crippen molar-refractivity contribution in [1.29, 1.82) is 0 Å². The van der Waals surface area contributed by atoms with Crippen molar-refractivity contribution in [1.82, 2.24) is 0 Å². The Bertz CT molecular complexity index is 606. The molecule has 0 heterocycles. The molecule has 0 aliphatic heterocycles. The van der Waals surface area contributed by atoms with Crippen molar-refractivity contribution in [2.75, 3.05) is 13.1 Å². The lowest BCUT2D eigenvalue weighted by Crippen LogP contribution is -2.08. The molecule has 2 rings (SSSR count). The van der Waals surface area contributed by atoms with Crippen molar-refractivity contribution in [3.05, 3.63) is 65.2 Å². The fourth-order valence-corrected chi connectivity index (χ4v) is 2.31. The molecular weight excluding hydrogens is 288 g/mol. The summed E-state index contributed by atoms with van der Waals surface area (Å²) in [6.45, 7) is 1.35. The van der Waals surface area contributed by atoms with Crippen LogP contribution < -0.4 is 16.2 Å². The van der Waals surface area contributed by atoms with Crippen LogP contribution in [0, 0.1) is 0 Å². The van der Waals surface area contributed by atoms with Crippen LogP contribution in [0.4, 0.5) is 0 Å². The van der Waals surface area contributed by atoms with Gasteiger partial charge in [0, 0.05) is 0 Å². The van der Waals surface area contributed by atoms with Gasteiger partial charge in [0.15, 0.2) is 0 Å². The average Bonchev–Trinajstić information content (AvgIpc) is 2.59. The Morgan fingerprint density at radius 1 is 0.783 bits per heavy atom. The van der Waals surface area contributed by atoms with Crippen LogP contribution in [0.5, 0.6) is 5.75 Å². The number of carbonyl (C=O) groups is 1. The molecule has 0 spiro atoms. The number of benzene rings is 2. The minimum absolute atomic E-state index is 0.343. The summed E-state index contributed by atoms with van der Waals surface area (Å²) < 4.78 is 5.40. The van der Waals surface area contributed by atoms with Gasteiger partial charge in [-0.05, 0) is 74.2 Å². The summed E-state index contributed by atoms with van der Waals surface area (Å²) in [5.74, 6) is 0.212. The number of hydrogen-bond acceptors (Lipinski definition) is 4. The molecular formula is C19H24N2O2. The molecule has 4 N–H and O–H groups in total. The zero-order valence-corrected chi connectivity index (χ0v) is 13.3. The van der Waals surface area contributed by atoms with E-state index in [2.05, 4.69) is 0 Å². The molecule has 0 saturated carbocycles. The minimum Gasteiger partial charge on any atom is -0.423 e. The second-order valence-electron chi connectivity index (χ2n) is 5.51. The van der Waals surface area contributed by atoms with Gasteiger partial charge < -0.3 is 16.2 Å².